The molecule has 21 heavy (non-hydrogen) atoms. The summed E-state index contributed by atoms with van der Waals surface area (Å²) in [6.45, 7) is 5.87. The zero-order chi connectivity index (χ0) is 15.7. The van der Waals surface area contributed by atoms with Crippen molar-refractivity contribution in [2.24, 2.45) is 0 Å². The van der Waals surface area contributed by atoms with Gasteiger partial charge in [-0.15, -0.1) is 0 Å². The van der Waals surface area contributed by atoms with E-state index >= 15 is 0 Å². The molecule has 0 aliphatic carbocycles. The van der Waals surface area contributed by atoms with Crippen LogP contribution in [-0.4, -0.2) is 43.0 Å². The van der Waals surface area contributed by atoms with Crippen molar-refractivity contribution in [3.05, 3.63) is 35.9 Å². The first-order valence-corrected chi connectivity index (χ1v) is 8.70. The molecule has 2 rings (SSSR count). The fourth-order valence-electron chi connectivity index (χ4n) is 2.65. The Hall–Kier alpha value is -1.40. The van der Waals surface area contributed by atoms with Gasteiger partial charge < -0.3 is 5.32 Å². The summed E-state index contributed by atoms with van der Waals surface area (Å²) in [5.74, 6) is -0.352. The average molecular weight is 310 g/mol. The Morgan fingerprint density at radius 1 is 1.29 bits per heavy atom. The van der Waals surface area contributed by atoms with Gasteiger partial charge in [0.2, 0.25) is 15.9 Å². The van der Waals surface area contributed by atoms with E-state index in [1.165, 1.54) is 4.31 Å². The van der Waals surface area contributed by atoms with Gasteiger partial charge in [0.25, 0.3) is 0 Å². The van der Waals surface area contributed by atoms with Crippen LogP contribution in [0.25, 0.3) is 0 Å². The number of nitrogens with one attached hydrogen (secondary N) is 1. The smallest absolute Gasteiger partial charge is 0.241 e. The molecule has 0 radical (unpaired) electrons. The van der Waals surface area contributed by atoms with Crippen molar-refractivity contribution in [1.82, 2.24) is 9.62 Å². The average Bonchev–Trinajstić information content (AvgIpc) is 2.42. The Bertz CT molecular complexity index is 611. The van der Waals surface area contributed by atoms with Gasteiger partial charge in [-0.2, -0.15) is 4.31 Å². The lowest BCUT2D eigenvalue weighted by atomic mass is 10.0. The minimum Gasteiger partial charge on any atom is -0.353 e. The molecule has 1 amide bonds. The van der Waals surface area contributed by atoms with Crippen LogP contribution < -0.4 is 5.32 Å². The molecule has 1 unspecified atom stereocenters. The first-order chi connectivity index (χ1) is 9.75. The van der Waals surface area contributed by atoms with Gasteiger partial charge in [-0.25, -0.2) is 8.42 Å². The lowest BCUT2D eigenvalue weighted by molar-refractivity contribution is -0.131. The lowest BCUT2D eigenvalue weighted by Gasteiger charge is -2.40. The number of hydrogen-bond donors (Lipinski definition) is 1. The second kappa shape index (κ2) is 5.77. The van der Waals surface area contributed by atoms with Crippen molar-refractivity contribution < 1.29 is 13.2 Å². The van der Waals surface area contributed by atoms with E-state index in [-0.39, 0.29) is 17.6 Å². The third-order valence-corrected chi connectivity index (χ3v) is 6.18. The molecule has 1 heterocycles. The van der Waals surface area contributed by atoms with Crippen molar-refractivity contribution >= 4 is 15.9 Å². The summed E-state index contributed by atoms with van der Waals surface area (Å²) in [4.78, 5) is 11.9. The number of amides is 1. The molecule has 0 spiro atoms. The van der Waals surface area contributed by atoms with E-state index < -0.39 is 15.6 Å². The van der Waals surface area contributed by atoms with E-state index in [1.54, 1.807) is 13.8 Å². The van der Waals surface area contributed by atoms with Gasteiger partial charge in [0.1, 0.15) is 5.54 Å². The highest BCUT2D eigenvalue weighted by Gasteiger charge is 2.44. The maximum Gasteiger partial charge on any atom is 0.241 e. The number of benzene rings is 1. The molecular formula is C15H22N2O3S. The Morgan fingerprint density at radius 2 is 1.90 bits per heavy atom. The number of nitrogens with zero attached hydrogens (tertiary/aromatic N) is 1. The maximum absolute atomic E-state index is 12.7. The standard InChI is InChI=1S/C15H22N2O3S/c1-12(13-7-5-4-6-8-13)11-21(19,20)17-10-9-16-14(18)15(17,2)3/h4-8,12H,9-11H2,1-3H3,(H,16,18). The van der Waals surface area contributed by atoms with Crippen LogP contribution in [0.15, 0.2) is 30.3 Å². The van der Waals surface area contributed by atoms with E-state index in [4.69, 9.17) is 0 Å². The van der Waals surface area contributed by atoms with Gasteiger partial charge in [-0.1, -0.05) is 37.3 Å². The molecule has 5 nitrogen and oxygen atoms in total. The molecule has 1 fully saturated rings. The molecule has 1 aromatic rings. The summed E-state index contributed by atoms with van der Waals surface area (Å²) in [5.41, 5.74) is -0.0478. The quantitative estimate of drug-likeness (QED) is 0.912. The van der Waals surface area contributed by atoms with Crippen LogP contribution in [-0.2, 0) is 14.8 Å². The minimum atomic E-state index is -3.50. The predicted octanol–water partition coefficient (Wildman–Crippen LogP) is 1.33. The largest absolute Gasteiger partial charge is 0.353 e. The van der Waals surface area contributed by atoms with Crippen molar-refractivity contribution in [1.29, 1.82) is 0 Å². The van der Waals surface area contributed by atoms with Crippen LogP contribution in [0.3, 0.4) is 0 Å². The van der Waals surface area contributed by atoms with Crippen LogP contribution in [0.2, 0.25) is 0 Å². The topological polar surface area (TPSA) is 66.5 Å². The SMILES string of the molecule is CC(CS(=O)(=O)N1CCNC(=O)C1(C)C)c1ccccc1. The first-order valence-electron chi connectivity index (χ1n) is 7.09. The zero-order valence-electron chi connectivity index (χ0n) is 12.7. The normalized spacial score (nSPS) is 20.8. The molecule has 0 bridgehead atoms. The van der Waals surface area contributed by atoms with Crippen molar-refractivity contribution in [2.75, 3.05) is 18.8 Å². The third-order valence-electron chi connectivity index (χ3n) is 3.94. The second-order valence-corrected chi connectivity index (χ2v) is 7.92. The summed E-state index contributed by atoms with van der Waals surface area (Å²) in [7, 11) is -3.50. The number of carbonyl (C=O) groups is 1. The minimum absolute atomic E-state index is 0.00766. The molecule has 1 saturated heterocycles. The van der Waals surface area contributed by atoms with Gasteiger partial charge in [0, 0.05) is 13.1 Å². The van der Waals surface area contributed by atoms with Crippen molar-refractivity contribution in [2.45, 2.75) is 32.2 Å². The van der Waals surface area contributed by atoms with Crippen LogP contribution in [0, 0.1) is 0 Å². The molecule has 1 aromatic carbocycles. The Morgan fingerprint density at radius 3 is 2.52 bits per heavy atom. The van der Waals surface area contributed by atoms with Gasteiger partial charge >= 0.3 is 0 Å². The highest BCUT2D eigenvalue weighted by Crippen LogP contribution is 2.25. The van der Waals surface area contributed by atoms with Gasteiger partial charge in [0.05, 0.1) is 5.75 Å². The van der Waals surface area contributed by atoms with Gasteiger partial charge in [-0.05, 0) is 25.3 Å². The molecule has 116 valence electrons. The summed E-state index contributed by atoms with van der Waals surface area (Å²) >= 11 is 0. The number of carbonyl (C=O) groups excluding carboxylic acids is 1. The first kappa shape index (κ1) is 16.0. The van der Waals surface area contributed by atoms with Gasteiger partial charge in [-0.3, -0.25) is 4.79 Å². The molecule has 6 heteroatoms. The van der Waals surface area contributed by atoms with E-state index in [1.807, 2.05) is 37.3 Å². The van der Waals surface area contributed by atoms with Gasteiger partial charge in [0.15, 0.2) is 0 Å². The Labute approximate surface area is 126 Å². The molecule has 1 atom stereocenters. The summed E-state index contributed by atoms with van der Waals surface area (Å²) in [5, 5.41) is 2.71. The number of piperazine rings is 1. The van der Waals surface area contributed by atoms with Crippen LogP contribution in [0.5, 0.6) is 0 Å². The lowest BCUT2D eigenvalue weighted by Crippen LogP contribution is -2.63. The fourth-order valence-corrected chi connectivity index (χ4v) is 4.80. The van der Waals surface area contributed by atoms with E-state index in [2.05, 4.69) is 5.32 Å². The summed E-state index contributed by atoms with van der Waals surface area (Å²) in [6, 6.07) is 9.55. The molecule has 1 N–H and O–H groups in total. The van der Waals surface area contributed by atoms with E-state index in [9.17, 15) is 13.2 Å². The molecule has 0 aromatic heterocycles. The van der Waals surface area contributed by atoms with Crippen molar-refractivity contribution in [3.63, 3.8) is 0 Å². The van der Waals surface area contributed by atoms with E-state index in [0.717, 1.165) is 5.56 Å². The summed E-state index contributed by atoms with van der Waals surface area (Å²) in [6.07, 6.45) is 0. The van der Waals surface area contributed by atoms with Crippen LogP contribution >= 0.6 is 0 Å². The highest BCUT2D eigenvalue weighted by molar-refractivity contribution is 7.89. The Balaban J connectivity index is 2.20. The Kier molecular flexibility index (Phi) is 4.39. The number of sulfonamides is 1. The molecular weight excluding hydrogens is 288 g/mol. The monoisotopic (exact) mass is 310 g/mol. The maximum atomic E-state index is 12.7. The number of rotatable bonds is 4. The van der Waals surface area contributed by atoms with Crippen LogP contribution in [0.1, 0.15) is 32.3 Å². The molecule has 1 aliphatic rings. The van der Waals surface area contributed by atoms with Crippen molar-refractivity contribution in [3.8, 4) is 0 Å². The highest BCUT2D eigenvalue weighted by atomic mass is 32.2. The zero-order valence-corrected chi connectivity index (χ0v) is 13.5. The third kappa shape index (κ3) is 3.27. The second-order valence-electron chi connectivity index (χ2n) is 5.98. The van der Waals surface area contributed by atoms with Crippen LogP contribution in [0.4, 0.5) is 0 Å². The fraction of sp³-hybridized carbons (Fsp3) is 0.533. The predicted molar refractivity (Wildman–Crippen MR) is 82.4 cm³/mol. The molecule has 1 aliphatic heterocycles. The number of hydrogen-bond acceptors (Lipinski definition) is 3. The summed E-state index contributed by atoms with van der Waals surface area (Å²) < 4.78 is 26.7. The molecule has 0 saturated carbocycles. The van der Waals surface area contributed by atoms with E-state index in [0.29, 0.717) is 13.1 Å².